The van der Waals surface area contributed by atoms with Crippen LogP contribution < -0.4 is 9.62 Å². The first-order valence-corrected chi connectivity index (χ1v) is 12.4. The third-order valence-corrected chi connectivity index (χ3v) is 7.45. The molecule has 0 spiro atoms. The molecule has 0 unspecified atom stereocenters. The molecule has 11 heteroatoms. The number of carboxylic acids is 1. The van der Waals surface area contributed by atoms with Crippen molar-refractivity contribution in [3.05, 3.63) is 47.7 Å². The highest BCUT2D eigenvalue weighted by atomic mass is 32.2. The van der Waals surface area contributed by atoms with Gasteiger partial charge in [-0.1, -0.05) is 0 Å². The Bertz CT molecular complexity index is 1140. The standard InChI is InChI=1S/C22H26F2N4O4S/c23-17-5-6-18(24)20(11-17)33(31,32)26-19-10-16(22(29)30)12-25-21(19)28-9-3-4-15(14-28)13-27-7-1-2-8-27/h5-6,10-12,15,26H,1-4,7-9,13-14H2,(H,29,30)/t15-/m1/s1. The molecule has 0 bridgehead atoms. The van der Waals surface area contributed by atoms with Crippen LogP contribution >= 0.6 is 0 Å². The van der Waals surface area contributed by atoms with Crippen LogP contribution in [0, 0.1) is 17.6 Å². The molecule has 8 nitrogen and oxygen atoms in total. The number of anilines is 2. The summed E-state index contributed by atoms with van der Waals surface area (Å²) < 4.78 is 55.7. The number of aromatic nitrogens is 1. The molecule has 0 saturated carbocycles. The highest BCUT2D eigenvalue weighted by Crippen LogP contribution is 2.31. The second-order valence-electron chi connectivity index (χ2n) is 8.54. The third-order valence-electron chi connectivity index (χ3n) is 6.07. The molecule has 0 aliphatic carbocycles. The van der Waals surface area contributed by atoms with Crippen molar-refractivity contribution in [2.75, 3.05) is 42.3 Å². The Morgan fingerprint density at radius 1 is 1.15 bits per heavy atom. The van der Waals surface area contributed by atoms with Gasteiger partial charge in [0.25, 0.3) is 10.0 Å². The number of piperidine rings is 1. The van der Waals surface area contributed by atoms with Crippen molar-refractivity contribution in [2.24, 2.45) is 5.92 Å². The normalized spacial score (nSPS) is 19.6. The van der Waals surface area contributed by atoms with Gasteiger partial charge < -0.3 is 14.9 Å². The fraction of sp³-hybridized carbons (Fsp3) is 0.455. The molecule has 33 heavy (non-hydrogen) atoms. The largest absolute Gasteiger partial charge is 0.478 e. The molecule has 2 aliphatic rings. The van der Waals surface area contributed by atoms with Crippen LogP contribution in [0.2, 0.25) is 0 Å². The molecule has 2 N–H and O–H groups in total. The van der Waals surface area contributed by atoms with Crippen LogP contribution in [0.15, 0.2) is 35.4 Å². The van der Waals surface area contributed by atoms with Crippen LogP contribution in [0.25, 0.3) is 0 Å². The summed E-state index contributed by atoms with van der Waals surface area (Å²) in [7, 11) is -4.54. The summed E-state index contributed by atoms with van der Waals surface area (Å²) in [6.07, 6.45) is 5.47. The van der Waals surface area contributed by atoms with Gasteiger partial charge in [0.05, 0.1) is 11.3 Å². The van der Waals surface area contributed by atoms with Crippen molar-refractivity contribution in [2.45, 2.75) is 30.6 Å². The van der Waals surface area contributed by atoms with Crippen LogP contribution in [0.4, 0.5) is 20.3 Å². The van der Waals surface area contributed by atoms with Gasteiger partial charge in [-0.2, -0.15) is 0 Å². The lowest BCUT2D eigenvalue weighted by molar-refractivity contribution is 0.0696. The monoisotopic (exact) mass is 480 g/mol. The number of hydrogen-bond acceptors (Lipinski definition) is 6. The molecule has 0 amide bonds. The van der Waals surface area contributed by atoms with E-state index in [-0.39, 0.29) is 17.1 Å². The van der Waals surface area contributed by atoms with Crippen LogP contribution in [0.1, 0.15) is 36.0 Å². The van der Waals surface area contributed by atoms with E-state index < -0.39 is 32.5 Å². The van der Waals surface area contributed by atoms with E-state index in [0.29, 0.717) is 25.1 Å². The summed E-state index contributed by atoms with van der Waals surface area (Å²) in [5.41, 5.74) is -0.304. The van der Waals surface area contributed by atoms with Crippen LogP contribution in [-0.2, 0) is 10.0 Å². The maximum atomic E-state index is 14.2. The number of aromatic carboxylic acids is 1. The summed E-state index contributed by atoms with van der Waals surface area (Å²) in [6, 6.07) is 3.28. The number of rotatable bonds is 7. The quantitative estimate of drug-likeness (QED) is 0.628. The Balaban J connectivity index is 1.63. The zero-order chi connectivity index (χ0) is 23.6. The Labute approximate surface area is 191 Å². The average molecular weight is 481 g/mol. The van der Waals surface area contributed by atoms with Crippen LogP contribution in [-0.4, -0.2) is 62.1 Å². The first kappa shape index (κ1) is 23.4. The zero-order valence-corrected chi connectivity index (χ0v) is 18.8. The molecule has 1 aromatic heterocycles. The van der Waals surface area contributed by atoms with Gasteiger partial charge in [0.1, 0.15) is 16.5 Å². The lowest BCUT2D eigenvalue weighted by atomic mass is 9.97. The predicted octanol–water partition coefficient (Wildman–Crippen LogP) is 3.17. The van der Waals surface area contributed by atoms with E-state index >= 15 is 0 Å². The van der Waals surface area contributed by atoms with Gasteiger partial charge in [-0.05, 0) is 69.0 Å². The number of halogens is 2. The number of pyridine rings is 1. The van der Waals surface area contributed by atoms with E-state index in [0.717, 1.165) is 50.7 Å². The van der Waals surface area contributed by atoms with Crippen molar-refractivity contribution in [3.63, 3.8) is 0 Å². The van der Waals surface area contributed by atoms with E-state index in [2.05, 4.69) is 14.6 Å². The van der Waals surface area contributed by atoms with E-state index in [9.17, 15) is 27.1 Å². The number of nitrogens with zero attached hydrogens (tertiary/aromatic N) is 3. The number of carboxylic acid groups (broad SMARTS) is 1. The van der Waals surface area contributed by atoms with Crippen molar-refractivity contribution in [3.8, 4) is 0 Å². The highest BCUT2D eigenvalue weighted by Gasteiger charge is 2.28. The number of sulfonamides is 1. The number of benzene rings is 1. The van der Waals surface area contributed by atoms with Crippen molar-refractivity contribution >= 4 is 27.5 Å². The molecular weight excluding hydrogens is 454 g/mol. The summed E-state index contributed by atoms with van der Waals surface area (Å²) in [4.78, 5) is 19.2. The third kappa shape index (κ3) is 5.41. The Morgan fingerprint density at radius 2 is 1.91 bits per heavy atom. The minimum Gasteiger partial charge on any atom is -0.478 e. The molecular formula is C22H26F2N4O4S. The first-order valence-electron chi connectivity index (χ1n) is 10.9. The van der Waals surface area contributed by atoms with E-state index in [1.807, 2.05) is 4.90 Å². The molecule has 2 aromatic rings. The fourth-order valence-corrected chi connectivity index (χ4v) is 5.66. The maximum Gasteiger partial charge on any atom is 0.337 e. The molecule has 0 radical (unpaired) electrons. The zero-order valence-electron chi connectivity index (χ0n) is 18.0. The summed E-state index contributed by atoms with van der Waals surface area (Å²) in [6.45, 7) is 4.36. The lowest BCUT2D eigenvalue weighted by Gasteiger charge is -2.36. The van der Waals surface area contributed by atoms with Gasteiger partial charge in [0.15, 0.2) is 5.82 Å². The van der Waals surface area contributed by atoms with Crippen molar-refractivity contribution in [1.29, 1.82) is 0 Å². The van der Waals surface area contributed by atoms with Gasteiger partial charge in [-0.25, -0.2) is 27.0 Å². The maximum absolute atomic E-state index is 14.2. The van der Waals surface area contributed by atoms with Gasteiger partial charge in [0, 0.05) is 25.8 Å². The smallest absolute Gasteiger partial charge is 0.337 e. The van der Waals surface area contributed by atoms with Gasteiger partial charge in [-0.3, -0.25) is 4.72 Å². The van der Waals surface area contributed by atoms with E-state index in [4.69, 9.17) is 0 Å². The van der Waals surface area contributed by atoms with E-state index in [1.54, 1.807) is 0 Å². The Hall–Kier alpha value is -2.79. The molecule has 2 fully saturated rings. The van der Waals surface area contributed by atoms with Gasteiger partial charge in [-0.15, -0.1) is 0 Å². The second kappa shape index (κ2) is 9.60. The molecule has 2 aliphatic heterocycles. The fourth-order valence-electron chi connectivity index (χ4n) is 4.52. The SMILES string of the molecule is O=C(O)c1cnc(N2CCC[C@H](CN3CCCC3)C2)c(NS(=O)(=O)c2cc(F)ccc2F)c1. The average Bonchev–Trinajstić information content (AvgIpc) is 3.28. The first-order chi connectivity index (χ1) is 15.7. The number of likely N-dealkylation sites (tertiary alicyclic amines) is 1. The molecule has 1 aromatic carbocycles. The lowest BCUT2D eigenvalue weighted by Crippen LogP contribution is -2.41. The number of carbonyl (C=O) groups is 1. The van der Waals surface area contributed by atoms with Crippen molar-refractivity contribution in [1.82, 2.24) is 9.88 Å². The molecule has 2 saturated heterocycles. The van der Waals surface area contributed by atoms with Gasteiger partial charge >= 0.3 is 5.97 Å². The summed E-state index contributed by atoms with van der Waals surface area (Å²) in [5.74, 6) is -2.67. The topological polar surface area (TPSA) is 103 Å². The van der Waals surface area contributed by atoms with Crippen LogP contribution in [0.5, 0.6) is 0 Å². The Morgan fingerprint density at radius 3 is 2.64 bits per heavy atom. The summed E-state index contributed by atoms with van der Waals surface area (Å²) in [5, 5.41) is 9.36. The number of nitrogens with one attached hydrogen (secondary N) is 1. The molecule has 178 valence electrons. The Kier molecular flexibility index (Phi) is 6.80. The van der Waals surface area contributed by atoms with Crippen LogP contribution in [0.3, 0.4) is 0 Å². The molecule has 4 rings (SSSR count). The molecule has 3 heterocycles. The predicted molar refractivity (Wildman–Crippen MR) is 119 cm³/mol. The molecule has 1 atom stereocenters. The highest BCUT2D eigenvalue weighted by molar-refractivity contribution is 7.92. The van der Waals surface area contributed by atoms with E-state index in [1.165, 1.54) is 19.0 Å². The van der Waals surface area contributed by atoms with Gasteiger partial charge in [0.2, 0.25) is 0 Å². The summed E-state index contributed by atoms with van der Waals surface area (Å²) >= 11 is 0. The van der Waals surface area contributed by atoms with Crippen molar-refractivity contribution < 1.29 is 27.1 Å². The second-order valence-corrected chi connectivity index (χ2v) is 10.2. The minimum atomic E-state index is -4.54. The minimum absolute atomic E-state index is 0.0830. The number of hydrogen-bond donors (Lipinski definition) is 2.